The molecule has 10 heteroatoms. The Hall–Kier alpha value is -2.66. The number of morpholine rings is 1. The first-order valence-electron chi connectivity index (χ1n) is 14.1. The number of anilines is 4. The van der Waals surface area contributed by atoms with E-state index in [1.54, 1.807) is 0 Å². The number of aromatic amines is 1. The third-order valence-corrected chi connectivity index (χ3v) is 8.88. The zero-order chi connectivity index (χ0) is 27.2. The van der Waals surface area contributed by atoms with Crippen molar-refractivity contribution in [1.82, 2.24) is 29.4 Å². The predicted octanol–water partition coefficient (Wildman–Crippen LogP) is 5.47. The Morgan fingerprint density at radius 2 is 1.77 bits per heavy atom. The standard InChI is InChI=1S/C29H42N8OS/c1-20-17-26(31-29-30-19-22(3)28(33-29)32-27-18-23(4)34-35-27)21(2)16-25(20)24-6-9-37(10-7-24)39-15-5-8-36-11-13-38-14-12-36/h16-19,24H,5-15H2,1-4H3,(H3,30,31,32,33,34,35). The molecule has 0 radical (unpaired) electrons. The molecule has 2 saturated heterocycles. The van der Waals surface area contributed by atoms with Crippen molar-refractivity contribution in [3.63, 3.8) is 0 Å². The van der Waals surface area contributed by atoms with Crippen molar-refractivity contribution >= 4 is 35.2 Å². The summed E-state index contributed by atoms with van der Waals surface area (Å²) in [5.74, 6) is 3.89. The van der Waals surface area contributed by atoms with Crippen LogP contribution in [0.3, 0.4) is 0 Å². The minimum absolute atomic E-state index is 0.574. The molecule has 1 aromatic carbocycles. The molecule has 0 spiro atoms. The predicted molar refractivity (Wildman–Crippen MR) is 160 cm³/mol. The van der Waals surface area contributed by atoms with Crippen LogP contribution in [0.1, 0.15) is 53.1 Å². The minimum Gasteiger partial charge on any atom is -0.379 e. The van der Waals surface area contributed by atoms with Crippen LogP contribution in [-0.4, -0.2) is 81.1 Å². The fourth-order valence-corrected chi connectivity index (χ4v) is 6.35. The van der Waals surface area contributed by atoms with E-state index in [1.165, 1.54) is 48.3 Å². The average molecular weight is 551 g/mol. The van der Waals surface area contributed by atoms with E-state index < -0.39 is 0 Å². The molecule has 2 aliphatic rings. The molecule has 2 aromatic heterocycles. The molecule has 0 atom stereocenters. The smallest absolute Gasteiger partial charge is 0.229 e. The molecule has 2 aliphatic heterocycles. The highest BCUT2D eigenvalue weighted by Crippen LogP contribution is 2.35. The molecular weight excluding hydrogens is 508 g/mol. The Morgan fingerprint density at radius 3 is 2.51 bits per heavy atom. The van der Waals surface area contributed by atoms with Crippen molar-refractivity contribution in [3.8, 4) is 0 Å². The Morgan fingerprint density at radius 1 is 0.974 bits per heavy atom. The first-order valence-corrected chi connectivity index (χ1v) is 15.1. The quantitative estimate of drug-likeness (QED) is 0.224. The topological polar surface area (TPSA) is 94.2 Å². The molecular formula is C29H42N8OS. The molecule has 0 bridgehead atoms. The van der Waals surface area contributed by atoms with E-state index >= 15 is 0 Å². The second kappa shape index (κ2) is 13.1. The number of hydrogen-bond donors (Lipinski definition) is 3. The first kappa shape index (κ1) is 27.9. The minimum atomic E-state index is 0.574. The van der Waals surface area contributed by atoms with Crippen molar-refractivity contribution in [3.05, 3.63) is 52.3 Å². The summed E-state index contributed by atoms with van der Waals surface area (Å²) in [6.07, 6.45) is 5.52. The number of H-pyrrole nitrogens is 1. The maximum Gasteiger partial charge on any atom is 0.229 e. The van der Waals surface area contributed by atoms with Crippen LogP contribution >= 0.6 is 11.9 Å². The summed E-state index contributed by atoms with van der Waals surface area (Å²) in [6.45, 7) is 15.8. The summed E-state index contributed by atoms with van der Waals surface area (Å²) in [5.41, 5.74) is 7.05. The van der Waals surface area contributed by atoms with E-state index in [9.17, 15) is 0 Å². The lowest BCUT2D eigenvalue weighted by Gasteiger charge is -2.32. The van der Waals surface area contributed by atoms with Crippen LogP contribution in [0.15, 0.2) is 24.4 Å². The molecule has 2 fully saturated rings. The van der Waals surface area contributed by atoms with Gasteiger partial charge < -0.3 is 15.4 Å². The summed E-state index contributed by atoms with van der Waals surface area (Å²) in [5, 5.41) is 13.9. The normalized spacial score (nSPS) is 17.4. The summed E-state index contributed by atoms with van der Waals surface area (Å²) >= 11 is 2.04. The number of rotatable bonds is 10. The van der Waals surface area contributed by atoms with E-state index in [0.29, 0.717) is 11.9 Å². The van der Waals surface area contributed by atoms with Crippen LogP contribution in [0.5, 0.6) is 0 Å². The largest absolute Gasteiger partial charge is 0.379 e. The number of ether oxygens (including phenoxy) is 1. The van der Waals surface area contributed by atoms with E-state index in [4.69, 9.17) is 9.72 Å². The van der Waals surface area contributed by atoms with Gasteiger partial charge in [0.2, 0.25) is 5.95 Å². The lowest BCUT2D eigenvalue weighted by atomic mass is 9.86. The average Bonchev–Trinajstić information content (AvgIpc) is 3.35. The van der Waals surface area contributed by atoms with Gasteiger partial charge in [-0.3, -0.25) is 14.3 Å². The Labute approximate surface area is 236 Å². The molecule has 210 valence electrons. The van der Waals surface area contributed by atoms with Crippen molar-refractivity contribution in [1.29, 1.82) is 0 Å². The van der Waals surface area contributed by atoms with E-state index in [-0.39, 0.29) is 0 Å². The van der Waals surface area contributed by atoms with Crippen LogP contribution in [0.25, 0.3) is 0 Å². The first-order chi connectivity index (χ1) is 18.9. The van der Waals surface area contributed by atoms with Gasteiger partial charge in [-0.25, -0.2) is 4.98 Å². The number of nitrogens with one attached hydrogen (secondary N) is 3. The summed E-state index contributed by atoms with van der Waals surface area (Å²) in [6, 6.07) is 6.58. The molecule has 0 unspecified atom stereocenters. The van der Waals surface area contributed by atoms with Crippen LogP contribution in [-0.2, 0) is 4.74 Å². The highest BCUT2D eigenvalue weighted by molar-refractivity contribution is 7.97. The fourth-order valence-electron chi connectivity index (χ4n) is 5.37. The van der Waals surface area contributed by atoms with Crippen molar-refractivity contribution < 1.29 is 4.74 Å². The zero-order valence-corrected chi connectivity index (χ0v) is 24.5. The summed E-state index contributed by atoms with van der Waals surface area (Å²) in [7, 11) is 0. The zero-order valence-electron chi connectivity index (χ0n) is 23.7. The highest BCUT2D eigenvalue weighted by Gasteiger charge is 2.23. The molecule has 39 heavy (non-hydrogen) atoms. The SMILES string of the molecule is Cc1cc(Nc2nc(Nc3cc(C)c(C4CCN(SCCCN5CCOCC5)CC4)cc3C)ncc2C)n[nH]1. The maximum absolute atomic E-state index is 5.45. The Kier molecular flexibility index (Phi) is 9.39. The van der Waals surface area contributed by atoms with Gasteiger partial charge in [0.15, 0.2) is 5.82 Å². The van der Waals surface area contributed by atoms with Crippen LogP contribution in [0, 0.1) is 27.7 Å². The molecule has 0 aliphatic carbocycles. The van der Waals surface area contributed by atoms with Gasteiger partial charge in [-0.05, 0) is 82.2 Å². The Bertz CT molecular complexity index is 1230. The second-order valence-corrected chi connectivity index (χ2v) is 12.0. The Balaban J connectivity index is 1.14. The van der Waals surface area contributed by atoms with Gasteiger partial charge in [0.05, 0.1) is 13.2 Å². The van der Waals surface area contributed by atoms with Crippen molar-refractivity contribution in [2.75, 3.05) is 62.3 Å². The second-order valence-electron chi connectivity index (χ2n) is 10.8. The van der Waals surface area contributed by atoms with Crippen molar-refractivity contribution in [2.45, 2.75) is 52.9 Å². The van der Waals surface area contributed by atoms with Gasteiger partial charge in [0, 0.05) is 61.1 Å². The lowest BCUT2D eigenvalue weighted by molar-refractivity contribution is 0.0381. The molecule has 3 N–H and O–H groups in total. The van der Waals surface area contributed by atoms with Gasteiger partial charge in [-0.1, -0.05) is 18.0 Å². The highest BCUT2D eigenvalue weighted by atomic mass is 32.2. The lowest BCUT2D eigenvalue weighted by Crippen LogP contribution is -2.37. The van der Waals surface area contributed by atoms with E-state index in [1.807, 2.05) is 38.1 Å². The monoisotopic (exact) mass is 550 g/mol. The van der Waals surface area contributed by atoms with Crippen LogP contribution in [0.2, 0.25) is 0 Å². The number of benzene rings is 1. The van der Waals surface area contributed by atoms with Crippen LogP contribution in [0.4, 0.5) is 23.3 Å². The third-order valence-electron chi connectivity index (χ3n) is 7.67. The molecule has 9 nitrogen and oxygen atoms in total. The van der Waals surface area contributed by atoms with Crippen molar-refractivity contribution in [2.24, 2.45) is 0 Å². The van der Waals surface area contributed by atoms with E-state index in [0.717, 1.165) is 68.0 Å². The van der Waals surface area contributed by atoms with Gasteiger partial charge in [-0.2, -0.15) is 10.1 Å². The molecule has 0 amide bonds. The van der Waals surface area contributed by atoms with E-state index in [2.05, 4.69) is 61.0 Å². The number of aromatic nitrogens is 4. The number of hydrogen-bond acceptors (Lipinski definition) is 9. The summed E-state index contributed by atoms with van der Waals surface area (Å²) < 4.78 is 8.04. The van der Waals surface area contributed by atoms with Gasteiger partial charge in [-0.15, -0.1) is 0 Å². The fraction of sp³-hybridized carbons (Fsp3) is 0.552. The summed E-state index contributed by atoms with van der Waals surface area (Å²) in [4.78, 5) is 11.8. The van der Waals surface area contributed by atoms with Gasteiger partial charge >= 0.3 is 0 Å². The maximum atomic E-state index is 5.45. The molecule has 4 heterocycles. The van der Waals surface area contributed by atoms with Crippen LogP contribution < -0.4 is 10.6 Å². The van der Waals surface area contributed by atoms with Gasteiger partial charge in [0.25, 0.3) is 0 Å². The number of aryl methyl sites for hydroxylation is 4. The third kappa shape index (κ3) is 7.51. The number of piperidine rings is 1. The molecule has 5 rings (SSSR count). The number of nitrogens with zero attached hydrogens (tertiary/aromatic N) is 5. The molecule has 3 aromatic rings. The molecule has 0 saturated carbocycles. The van der Waals surface area contributed by atoms with Gasteiger partial charge in [0.1, 0.15) is 5.82 Å².